The van der Waals surface area contributed by atoms with E-state index in [1.54, 1.807) is 6.07 Å². The van der Waals surface area contributed by atoms with Gasteiger partial charge in [0.2, 0.25) is 0 Å². The first-order valence-corrected chi connectivity index (χ1v) is 5.72. The van der Waals surface area contributed by atoms with E-state index in [2.05, 4.69) is 10.3 Å². The Morgan fingerprint density at radius 3 is 2.72 bits per heavy atom. The third-order valence-corrected chi connectivity index (χ3v) is 2.78. The molecule has 0 atom stereocenters. The van der Waals surface area contributed by atoms with Crippen molar-refractivity contribution in [3.8, 4) is 0 Å². The van der Waals surface area contributed by atoms with Gasteiger partial charge in [-0.25, -0.2) is 4.79 Å². The molecule has 2 aromatic carbocycles. The van der Waals surface area contributed by atoms with E-state index in [4.69, 9.17) is 4.42 Å². The van der Waals surface area contributed by atoms with Gasteiger partial charge in [0.15, 0.2) is 5.58 Å². The minimum atomic E-state index is -0.432. The smallest absolute Gasteiger partial charge is 0.408 e. The molecule has 3 rings (SSSR count). The minimum absolute atomic E-state index is 0.432. The van der Waals surface area contributed by atoms with Crippen LogP contribution in [0.4, 0.5) is 5.69 Å². The van der Waals surface area contributed by atoms with Gasteiger partial charge >= 0.3 is 5.76 Å². The molecule has 90 valence electrons. The fraction of sp³-hybridized carbons (Fsp3) is 0.0714. The fourth-order valence-electron chi connectivity index (χ4n) is 1.91. The molecule has 0 saturated heterocycles. The molecule has 0 radical (unpaired) electrons. The molecule has 0 saturated carbocycles. The molecule has 2 N–H and O–H groups in total. The number of rotatable bonds is 3. The maximum atomic E-state index is 11.2. The van der Waals surface area contributed by atoms with E-state index >= 15 is 0 Å². The van der Waals surface area contributed by atoms with Crippen LogP contribution in [0.5, 0.6) is 0 Å². The van der Waals surface area contributed by atoms with E-state index in [0.29, 0.717) is 17.6 Å². The van der Waals surface area contributed by atoms with Crippen LogP contribution in [0, 0.1) is 0 Å². The number of aromatic nitrogens is 1. The summed E-state index contributed by atoms with van der Waals surface area (Å²) in [6, 6.07) is 15.6. The molecule has 3 aromatic rings. The second-order valence-corrected chi connectivity index (χ2v) is 4.03. The Bertz CT molecular complexity index is 713. The maximum absolute atomic E-state index is 11.2. The molecule has 1 aromatic heterocycles. The molecule has 0 spiro atoms. The SMILES string of the molecule is O=c1[nH]c2c(NCc3ccccc3)cccc2o1. The number of hydrogen-bond donors (Lipinski definition) is 2. The van der Waals surface area contributed by atoms with Gasteiger partial charge in [0, 0.05) is 6.54 Å². The first-order chi connectivity index (χ1) is 8.83. The zero-order chi connectivity index (χ0) is 12.4. The maximum Gasteiger partial charge on any atom is 0.417 e. The number of H-pyrrole nitrogens is 1. The van der Waals surface area contributed by atoms with E-state index < -0.39 is 5.76 Å². The van der Waals surface area contributed by atoms with Crippen molar-refractivity contribution in [2.75, 3.05) is 5.32 Å². The van der Waals surface area contributed by atoms with Gasteiger partial charge < -0.3 is 9.73 Å². The molecule has 0 amide bonds. The molecule has 1 heterocycles. The molecule has 0 bridgehead atoms. The van der Waals surface area contributed by atoms with Gasteiger partial charge in [0.1, 0.15) is 5.52 Å². The van der Waals surface area contributed by atoms with Gasteiger partial charge in [0.25, 0.3) is 0 Å². The highest BCUT2D eigenvalue weighted by molar-refractivity contribution is 5.86. The Labute approximate surface area is 103 Å². The number of benzene rings is 2. The summed E-state index contributed by atoms with van der Waals surface area (Å²) in [6.07, 6.45) is 0. The Hall–Kier alpha value is -2.49. The van der Waals surface area contributed by atoms with Crippen LogP contribution in [0.25, 0.3) is 11.1 Å². The van der Waals surface area contributed by atoms with Crippen molar-refractivity contribution in [2.45, 2.75) is 6.54 Å². The van der Waals surface area contributed by atoms with Crippen molar-refractivity contribution >= 4 is 16.8 Å². The van der Waals surface area contributed by atoms with Gasteiger partial charge in [-0.3, -0.25) is 4.98 Å². The van der Waals surface area contributed by atoms with Gasteiger partial charge in [0.05, 0.1) is 5.69 Å². The first-order valence-electron chi connectivity index (χ1n) is 5.72. The summed E-state index contributed by atoms with van der Waals surface area (Å²) in [5.74, 6) is -0.432. The average molecular weight is 240 g/mol. The van der Waals surface area contributed by atoms with Crippen LogP contribution < -0.4 is 11.1 Å². The van der Waals surface area contributed by atoms with E-state index in [0.717, 1.165) is 5.69 Å². The summed E-state index contributed by atoms with van der Waals surface area (Å²) >= 11 is 0. The van der Waals surface area contributed by atoms with E-state index in [9.17, 15) is 4.79 Å². The molecule has 0 aliphatic carbocycles. The highest BCUT2D eigenvalue weighted by Crippen LogP contribution is 2.20. The summed E-state index contributed by atoms with van der Waals surface area (Å²) < 4.78 is 5.01. The average Bonchev–Trinajstić information content (AvgIpc) is 2.78. The number of anilines is 1. The van der Waals surface area contributed by atoms with Crippen molar-refractivity contribution < 1.29 is 4.42 Å². The Morgan fingerprint density at radius 2 is 1.89 bits per heavy atom. The molecular weight excluding hydrogens is 228 g/mol. The van der Waals surface area contributed by atoms with Gasteiger partial charge in [-0.1, -0.05) is 36.4 Å². The topological polar surface area (TPSA) is 58.0 Å². The quantitative estimate of drug-likeness (QED) is 0.740. The van der Waals surface area contributed by atoms with Crippen LogP contribution >= 0.6 is 0 Å². The van der Waals surface area contributed by atoms with E-state index in [-0.39, 0.29) is 0 Å². The summed E-state index contributed by atoms with van der Waals surface area (Å²) in [4.78, 5) is 13.8. The summed E-state index contributed by atoms with van der Waals surface area (Å²) in [5, 5.41) is 3.29. The zero-order valence-corrected chi connectivity index (χ0v) is 9.64. The Balaban J connectivity index is 1.89. The predicted molar refractivity (Wildman–Crippen MR) is 70.6 cm³/mol. The molecule has 4 heteroatoms. The summed E-state index contributed by atoms with van der Waals surface area (Å²) in [7, 11) is 0. The lowest BCUT2D eigenvalue weighted by Gasteiger charge is -2.06. The van der Waals surface area contributed by atoms with E-state index in [1.807, 2.05) is 42.5 Å². The lowest BCUT2D eigenvalue weighted by molar-refractivity contribution is 0.555. The van der Waals surface area contributed by atoms with Gasteiger partial charge in [-0.2, -0.15) is 0 Å². The lowest BCUT2D eigenvalue weighted by atomic mass is 10.2. The number of nitrogens with one attached hydrogen (secondary N) is 2. The number of fused-ring (bicyclic) bond motifs is 1. The summed E-state index contributed by atoms with van der Waals surface area (Å²) in [6.45, 7) is 0.702. The van der Waals surface area contributed by atoms with Crippen LogP contribution in [0.3, 0.4) is 0 Å². The monoisotopic (exact) mass is 240 g/mol. The second kappa shape index (κ2) is 4.41. The molecule has 0 unspecified atom stereocenters. The Kier molecular flexibility index (Phi) is 2.61. The van der Waals surface area contributed by atoms with Crippen molar-refractivity contribution in [2.24, 2.45) is 0 Å². The number of oxazole rings is 1. The summed E-state index contributed by atoms with van der Waals surface area (Å²) in [5.41, 5.74) is 3.32. The third-order valence-electron chi connectivity index (χ3n) is 2.78. The molecule has 4 nitrogen and oxygen atoms in total. The number of aromatic amines is 1. The van der Waals surface area contributed by atoms with Crippen LogP contribution in [0.2, 0.25) is 0 Å². The van der Waals surface area contributed by atoms with Gasteiger partial charge in [-0.15, -0.1) is 0 Å². The normalized spacial score (nSPS) is 10.7. The Morgan fingerprint density at radius 1 is 1.06 bits per heavy atom. The van der Waals surface area contributed by atoms with E-state index in [1.165, 1.54) is 5.56 Å². The largest absolute Gasteiger partial charge is 0.417 e. The number of para-hydroxylation sites is 1. The molecule has 18 heavy (non-hydrogen) atoms. The zero-order valence-electron chi connectivity index (χ0n) is 9.64. The predicted octanol–water partition coefficient (Wildman–Crippen LogP) is 2.73. The van der Waals surface area contributed by atoms with Crippen molar-refractivity contribution in [3.05, 3.63) is 64.6 Å². The van der Waals surface area contributed by atoms with Crippen molar-refractivity contribution in [1.29, 1.82) is 0 Å². The van der Waals surface area contributed by atoms with Crippen molar-refractivity contribution in [3.63, 3.8) is 0 Å². The first kappa shape index (κ1) is 10.7. The second-order valence-electron chi connectivity index (χ2n) is 4.03. The van der Waals surface area contributed by atoms with Gasteiger partial charge in [-0.05, 0) is 17.7 Å². The standard InChI is InChI=1S/C14H12N2O2/c17-14-16-13-11(7-4-8-12(13)18-14)15-9-10-5-2-1-3-6-10/h1-8,15H,9H2,(H,16,17). The molecule has 0 fully saturated rings. The van der Waals surface area contributed by atoms with Crippen LogP contribution in [-0.4, -0.2) is 4.98 Å². The van der Waals surface area contributed by atoms with Crippen LogP contribution in [0.1, 0.15) is 5.56 Å². The van der Waals surface area contributed by atoms with Crippen molar-refractivity contribution in [1.82, 2.24) is 4.98 Å². The molecular formula is C14H12N2O2. The number of hydrogen-bond acceptors (Lipinski definition) is 3. The highest BCUT2D eigenvalue weighted by atomic mass is 16.4. The third kappa shape index (κ3) is 2.00. The van der Waals surface area contributed by atoms with Crippen LogP contribution in [-0.2, 0) is 6.54 Å². The minimum Gasteiger partial charge on any atom is -0.408 e. The van der Waals surface area contributed by atoms with Crippen LogP contribution in [0.15, 0.2) is 57.7 Å². The molecule has 0 aliphatic heterocycles. The highest BCUT2D eigenvalue weighted by Gasteiger charge is 2.05. The molecule has 0 aliphatic rings. The lowest BCUT2D eigenvalue weighted by Crippen LogP contribution is -2.00. The fourth-order valence-corrected chi connectivity index (χ4v) is 1.91.